The lowest BCUT2D eigenvalue weighted by atomic mass is 9.79. The van der Waals surface area contributed by atoms with E-state index in [2.05, 4.69) is 17.4 Å². The van der Waals surface area contributed by atoms with E-state index in [1.54, 1.807) is 18.2 Å². The zero-order valence-corrected chi connectivity index (χ0v) is 27.2. The molecule has 242 valence electrons. The minimum Gasteiger partial charge on any atom is -0.449 e. The third-order valence-electron chi connectivity index (χ3n) is 8.74. The number of alkyl carbamates (subject to hydrolysis) is 1. The van der Waals surface area contributed by atoms with Crippen molar-refractivity contribution in [2.45, 2.75) is 37.3 Å². The van der Waals surface area contributed by atoms with Crippen LogP contribution in [0.1, 0.15) is 52.1 Å². The topological polar surface area (TPSA) is 108 Å². The quantitative estimate of drug-likeness (QED) is 0.112. The van der Waals surface area contributed by atoms with Gasteiger partial charge in [0, 0.05) is 34.1 Å². The Morgan fingerprint density at radius 1 is 0.771 bits per heavy atom. The van der Waals surface area contributed by atoms with Crippen LogP contribution in [0, 0.1) is 6.92 Å². The molecule has 1 unspecified atom stereocenters. The molecular formula is C40H35ClN2O5. The van der Waals surface area contributed by atoms with E-state index < -0.39 is 29.6 Å². The van der Waals surface area contributed by atoms with Crippen LogP contribution in [0.25, 0.3) is 11.1 Å². The predicted octanol–water partition coefficient (Wildman–Crippen LogP) is 7.66. The van der Waals surface area contributed by atoms with Crippen LogP contribution in [-0.2, 0) is 24.7 Å². The lowest BCUT2D eigenvalue weighted by Gasteiger charge is -2.37. The molecule has 1 aliphatic rings. The summed E-state index contributed by atoms with van der Waals surface area (Å²) < 4.78 is 12.3. The van der Waals surface area contributed by atoms with E-state index in [4.69, 9.17) is 26.8 Å². The van der Waals surface area contributed by atoms with Gasteiger partial charge in [0.2, 0.25) is 5.91 Å². The van der Waals surface area contributed by atoms with Gasteiger partial charge in [0.15, 0.2) is 5.60 Å². The molecule has 0 aliphatic heterocycles. The third kappa shape index (κ3) is 6.55. The summed E-state index contributed by atoms with van der Waals surface area (Å²) in [7, 11) is 0. The van der Waals surface area contributed by atoms with Crippen molar-refractivity contribution in [3.8, 4) is 11.1 Å². The van der Waals surface area contributed by atoms with Gasteiger partial charge >= 0.3 is 12.1 Å². The molecule has 0 saturated heterocycles. The summed E-state index contributed by atoms with van der Waals surface area (Å²) in [6.07, 6.45) is -1.08. The molecule has 0 fully saturated rings. The van der Waals surface area contributed by atoms with Crippen LogP contribution in [0.2, 0.25) is 5.02 Å². The van der Waals surface area contributed by atoms with E-state index in [0.29, 0.717) is 21.7 Å². The molecule has 0 saturated carbocycles. The number of nitrogens with one attached hydrogen (secondary N) is 1. The maximum absolute atomic E-state index is 14.3. The molecule has 2 atom stereocenters. The van der Waals surface area contributed by atoms with Gasteiger partial charge < -0.3 is 20.5 Å². The summed E-state index contributed by atoms with van der Waals surface area (Å²) in [6, 6.07) is 38.8. The number of aryl methyl sites for hydroxylation is 1. The first-order valence-electron chi connectivity index (χ1n) is 15.8. The molecule has 0 radical (unpaired) electrons. The smallest absolute Gasteiger partial charge is 0.407 e. The highest BCUT2D eigenvalue weighted by Crippen LogP contribution is 2.45. The molecular weight excluding hydrogens is 624 g/mol. The van der Waals surface area contributed by atoms with Crippen molar-refractivity contribution < 1.29 is 23.9 Å². The molecule has 5 aromatic carbocycles. The van der Waals surface area contributed by atoms with Crippen molar-refractivity contribution in [2.75, 3.05) is 6.61 Å². The number of esters is 1. The fraction of sp³-hybridized carbons (Fsp3) is 0.175. The van der Waals surface area contributed by atoms with Gasteiger partial charge in [-0.15, -0.1) is 0 Å². The molecule has 1 aliphatic carbocycles. The number of amides is 2. The van der Waals surface area contributed by atoms with Crippen molar-refractivity contribution in [3.05, 3.63) is 166 Å². The summed E-state index contributed by atoms with van der Waals surface area (Å²) in [5.41, 5.74) is 11.1. The van der Waals surface area contributed by atoms with E-state index >= 15 is 0 Å². The lowest BCUT2D eigenvalue weighted by Crippen LogP contribution is -2.47. The number of benzene rings is 5. The number of hydrogen-bond donors (Lipinski definition) is 2. The highest BCUT2D eigenvalue weighted by Gasteiger charge is 2.44. The van der Waals surface area contributed by atoms with Crippen LogP contribution >= 0.6 is 11.6 Å². The van der Waals surface area contributed by atoms with Crippen molar-refractivity contribution in [1.82, 2.24) is 5.32 Å². The van der Waals surface area contributed by atoms with Gasteiger partial charge in [-0.2, -0.15) is 0 Å². The molecule has 0 spiro atoms. The third-order valence-corrected chi connectivity index (χ3v) is 9.07. The van der Waals surface area contributed by atoms with Crippen molar-refractivity contribution >= 4 is 29.6 Å². The van der Waals surface area contributed by atoms with Gasteiger partial charge in [0.25, 0.3) is 0 Å². The second-order valence-electron chi connectivity index (χ2n) is 11.8. The molecule has 6 rings (SSSR count). The van der Waals surface area contributed by atoms with Gasteiger partial charge in [0.05, 0.1) is 0 Å². The highest BCUT2D eigenvalue weighted by molar-refractivity contribution is 6.31. The second-order valence-corrected chi connectivity index (χ2v) is 12.2. The minimum absolute atomic E-state index is 0.0500. The van der Waals surface area contributed by atoms with Gasteiger partial charge in [-0.1, -0.05) is 138 Å². The van der Waals surface area contributed by atoms with Crippen LogP contribution in [0.5, 0.6) is 0 Å². The highest BCUT2D eigenvalue weighted by atomic mass is 35.5. The zero-order chi connectivity index (χ0) is 33.7. The molecule has 8 heteroatoms. The van der Waals surface area contributed by atoms with Crippen LogP contribution in [0.4, 0.5) is 4.79 Å². The summed E-state index contributed by atoms with van der Waals surface area (Å²) in [6.45, 7) is 2.02. The number of halogens is 1. The maximum atomic E-state index is 14.3. The van der Waals surface area contributed by atoms with E-state index in [-0.39, 0.29) is 25.4 Å². The fourth-order valence-corrected chi connectivity index (χ4v) is 6.67. The molecule has 5 aromatic rings. The van der Waals surface area contributed by atoms with Gasteiger partial charge in [-0.05, 0) is 41.7 Å². The van der Waals surface area contributed by atoms with E-state index in [1.807, 2.05) is 104 Å². The molecule has 48 heavy (non-hydrogen) atoms. The van der Waals surface area contributed by atoms with Crippen LogP contribution in [0.15, 0.2) is 127 Å². The molecule has 3 N–H and O–H groups in total. The number of primary amides is 1. The Labute approximate surface area is 284 Å². The zero-order valence-electron chi connectivity index (χ0n) is 26.4. The molecule has 7 nitrogen and oxygen atoms in total. The monoisotopic (exact) mass is 658 g/mol. The minimum atomic E-state index is -1.50. The summed E-state index contributed by atoms with van der Waals surface area (Å²) in [5, 5.41) is 3.05. The number of carbonyl (C=O) groups is 3. The SMILES string of the molecule is Cc1ccc(C(OC(=O)[C@H](CCC(N)=O)NC(=O)OCC2c3ccccc3-c3ccccc32)(c2ccccc2)c2ccccc2Cl)cc1. The Balaban J connectivity index is 1.31. The number of ether oxygens (including phenoxy) is 2. The van der Waals surface area contributed by atoms with E-state index in [9.17, 15) is 14.4 Å². The first kappa shape index (κ1) is 32.5. The maximum Gasteiger partial charge on any atom is 0.407 e. The Bertz CT molecular complexity index is 1900. The fourth-order valence-electron chi connectivity index (χ4n) is 6.40. The van der Waals surface area contributed by atoms with Crippen molar-refractivity contribution in [3.63, 3.8) is 0 Å². The second kappa shape index (κ2) is 14.2. The number of fused-ring (bicyclic) bond motifs is 3. The Hall–Kier alpha value is -5.40. The van der Waals surface area contributed by atoms with Crippen LogP contribution in [0.3, 0.4) is 0 Å². The number of nitrogens with two attached hydrogens (primary N) is 1. The van der Waals surface area contributed by atoms with Crippen LogP contribution < -0.4 is 11.1 Å². The van der Waals surface area contributed by atoms with Crippen molar-refractivity contribution in [1.29, 1.82) is 0 Å². The van der Waals surface area contributed by atoms with Gasteiger partial charge in [-0.3, -0.25) is 4.79 Å². The van der Waals surface area contributed by atoms with E-state index in [0.717, 1.165) is 27.8 Å². The Kier molecular flexibility index (Phi) is 9.60. The molecule has 0 aromatic heterocycles. The normalized spacial score (nSPS) is 13.8. The lowest BCUT2D eigenvalue weighted by molar-refractivity contribution is -0.156. The predicted molar refractivity (Wildman–Crippen MR) is 185 cm³/mol. The summed E-state index contributed by atoms with van der Waals surface area (Å²) in [4.78, 5) is 39.6. The van der Waals surface area contributed by atoms with E-state index in [1.165, 1.54) is 0 Å². The average molecular weight is 659 g/mol. The van der Waals surface area contributed by atoms with Crippen molar-refractivity contribution in [2.24, 2.45) is 5.73 Å². The number of carbonyl (C=O) groups excluding carboxylic acids is 3. The number of rotatable bonds is 11. The van der Waals surface area contributed by atoms with Crippen LogP contribution in [-0.4, -0.2) is 30.6 Å². The van der Waals surface area contributed by atoms with Gasteiger partial charge in [0.1, 0.15) is 12.6 Å². The Morgan fingerprint density at radius 3 is 1.96 bits per heavy atom. The number of hydrogen-bond acceptors (Lipinski definition) is 5. The summed E-state index contributed by atoms with van der Waals surface area (Å²) >= 11 is 6.82. The summed E-state index contributed by atoms with van der Waals surface area (Å²) in [5.74, 6) is -1.58. The first-order valence-corrected chi connectivity index (χ1v) is 16.2. The Morgan fingerprint density at radius 2 is 1.33 bits per heavy atom. The van der Waals surface area contributed by atoms with Gasteiger partial charge in [-0.25, -0.2) is 9.59 Å². The first-order chi connectivity index (χ1) is 23.3. The molecule has 2 amide bonds. The average Bonchev–Trinajstić information content (AvgIpc) is 3.42. The molecule has 0 heterocycles. The standard InChI is InChI=1S/C40H35ClN2O5/c1-26-19-21-28(22-20-26)40(27-11-3-2-4-12-27,34-17-9-10-18-35(34)41)48-38(45)36(23-24-37(42)44)43-39(46)47-25-33-31-15-7-5-13-29(31)30-14-6-8-16-32(30)33/h2-22,33,36H,23-25H2,1H3,(H2,42,44)(H,43,46)/t36-,40?/m0/s1. The largest absolute Gasteiger partial charge is 0.449 e. The molecule has 0 bridgehead atoms.